The molecule has 0 fully saturated rings. The summed E-state index contributed by atoms with van der Waals surface area (Å²) in [5.41, 5.74) is 2.35. The standard InChI is InChI=1S/C13H11BrN2O2S/c1-8-3-4-12(13(14)9(8)2)19-11-5-6-15-7-10(11)16(17)18/h3-7H,1-2H3. The van der Waals surface area contributed by atoms with Gasteiger partial charge < -0.3 is 0 Å². The van der Waals surface area contributed by atoms with Crippen molar-refractivity contribution in [1.82, 2.24) is 4.98 Å². The Morgan fingerprint density at radius 3 is 2.68 bits per heavy atom. The summed E-state index contributed by atoms with van der Waals surface area (Å²) in [5, 5.41) is 11.0. The van der Waals surface area contributed by atoms with Crippen LogP contribution in [0.4, 0.5) is 5.69 Å². The fourth-order valence-electron chi connectivity index (χ4n) is 1.55. The average molecular weight is 339 g/mol. The van der Waals surface area contributed by atoms with E-state index in [1.807, 2.05) is 26.0 Å². The predicted octanol–water partition coefficient (Wildman–Crippen LogP) is 4.52. The Hall–Kier alpha value is -1.40. The molecule has 6 heteroatoms. The third-order valence-electron chi connectivity index (χ3n) is 2.80. The lowest BCUT2D eigenvalue weighted by molar-refractivity contribution is -0.388. The zero-order valence-corrected chi connectivity index (χ0v) is 12.8. The first-order valence-corrected chi connectivity index (χ1v) is 7.13. The van der Waals surface area contributed by atoms with Crippen molar-refractivity contribution in [3.05, 3.63) is 56.3 Å². The van der Waals surface area contributed by atoms with Gasteiger partial charge in [0, 0.05) is 15.6 Å². The van der Waals surface area contributed by atoms with Crippen LogP contribution < -0.4 is 0 Å². The topological polar surface area (TPSA) is 56.0 Å². The molecule has 0 saturated heterocycles. The largest absolute Gasteiger partial charge is 0.301 e. The minimum absolute atomic E-state index is 0.0256. The van der Waals surface area contributed by atoms with Crippen molar-refractivity contribution in [2.45, 2.75) is 23.6 Å². The maximum Gasteiger partial charge on any atom is 0.301 e. The van der Waals surface area contributed by atoms with Gasteiger partial charge in [-0.05, 0) is 53.0 Å². The lowest BCUT2D eigenvalue weighted by Crippen LogP contribution is -1.92. The van der Waals surface area contributed by atoms with Crippen LogP contribution in [-0.4, -0.2) is 9.91 Å². The molecule has 0 radical (unpaired) electrons. The molecule has 0 aliphatic heterocycles. The molecule has 1 heterocycles. The number of hydrogen-bond acceptors (Lipinski definition) is 4. The summed E-state index contributed by atoms with van der Waals surface area (Å²) in [4.78, 5) is 15.9. The van der Waals surface area contributed by atoms with Crippen molar-refractivity contribution < 1.29 is 4.92 Å². The quantitative estimate of drug-likeness (QED) is 0.609. The van der Waals surface area contributed by atoms with Gasteiger partial charge >= 0.3 is 5.69 Å². The van der Waals surface area contributed by atoms with Crippen molar-refractivity contribution in [2.24, 2.45) is 0 Å². The number of benzene rings is 1. The van der Waals surface area contributed by atoms with Gasteiger partial charge in [0.1, 0.15) is 6.20 Å². The molecule has 4 nitrogen and oxygen atoms in total. The molecule has 0 atom stereocenters. The Labute approximate surface area is 123 Å². The highest BCUT2D eigenvalue weighted by atomic mass is 79.9. The van der Waals surface area contributed by atoms with Crippen LogP contribution in [0, 0.1) is 24.0 Å². The molecule has 0 amide bonds. The van der Waals surface area contributed by atoms with Gasteiger partial charge in [0.05, 0.1) is 9.82 Å². The zero-order chi connectivity index (χ0) is 14.0. The minimum atomic E-state index is -0.412. The van der Waals surface area contributed by atoms with Crippen LogP contribution in [0.5, 0.6) is 0 Å². The molecular weight excluding hydrogens is 328 g/mol. The summed E-state index contributed by atoms with van der Waals surface area (Å²) in [6.07, 6.45) is 2.83. The second kappa shape index (κ2) is 5.71. The fraction of sp³-hybridized carbons (Fsp3) is 0.154. The van der Waals surface area contributed by atoms with Gasteiger partial charge in [0.2, 0.25) is 0 Å². The molecule has 0 aliphatic carbocycles. The Kier molecular flexibility index (Phi) is 4.21. The highest BCUT2D eigenvalue weighted by Crippen LogP contribution is 2.39. The molecule has 2 aromatic rings. The minimum Gasteiger partial charge on any atom is -0.258 e. The molecule has 0 saturated carbocycles. The molecule has 0 N–H and O–H groups in total. The number of rotatable bonds is 3. The van der Waals surface area contributed by atoms with Gasteiger partial charge in [-0.1, -0.05) is 17.8 Å². The van der Waals surface area contributed by atoms with Crippen LogP contribution in [0.15, 0.2) is 44.9 Å². The zero-order valence-electron chi connectivity index (χ0n) is 10.4. The molecule has 1 aromatic heterocycles. The van der Waals surface area contributed by atoms with Crippen LogP contribution in [-0.2, 0) is 0 Å². The Balaban J connectivity index is 2.42. The Bertz CT molecular complexity index is 647. The van der Waals surface area contributed by atoms with Crippen molar-refractivity contribution in [1.29, 1.82) is 0 Å². The first-order chi connectivity index (χ1) is 9.00. The summed E-state index contributed by atoms with van der Waals surface area (Å²) in [7, 11) is 0. The normalized spacial score (nSPS) is 10.5. The fourth-order valence-corrected chi connectivity index (χ4v) is 3.21. The number of pyridine rings is 1. The molecule has 0 spiro atoms. The van der Waals surface area contributed by atoms with E-state index in [0.717, 1.165) is 14.9 Å². The van der Waals surface area contributed by atoms with E-state index >= 15 is 0 Å². The number of halogens is 1. The first-order valence-electron chi connectivity index (χ1n) is 5.52. The van der Waals surface area contributed by atoms with Gasteiger partial charge in [-0.25, -0.2) is 0 Å². The summed E-state index contributed by atoms with van der Waals surface area (Å²) in [6, 6.07) is 5.63. The Morgan fingerprint density at radius 1 is 1.26 bits per heavy atom. The number of hydrogen-bond donors (Lipinski definition) is 0. The smallest absolute Gasteiger partial charge is 0.258 e. The van der Waals surface area contributed by atoms with E-state index in [9.17, 15) is 10.1 Å². The maximum atomic E-state index is 11.0. The van der Waals surface area contributed by atoms with Crippen LogP contribution in [0.25, 0.3) is 0 Å². The second-order valence-corrected chi connectivity index (χ2v) is 5.90. The molecule has 1 aromatic carbocycles. The van der Waals surface area contributed by atoms with Crippen molar-refractivity contribution >= 4 is 33.4 Å². The molecule has 0 unspecified atom stereocenters. The van der Waals surface area contributed by atoms with E-state index in [0.29, 0.717) is 4.90 Å². The molecule has 19 heavy (non-hydrogen) atoms. The van der Waals surface area contributed by atoms with Crippen LogP contribution in [0.3, 0.4) is 0 Å². The molecule has 0 aliphatic rings. The van der Waals surface area contributed by atoms with Crippen LogP contribution in [0.1, 0.15) is 11.1 Å². The average Bonchev–Trinajstić information content (AvgIpc) is 2.40. The highest BCUT2D eigenvalue weighted by Gasteiger charge is 2.16. The highest BCUT2D eigenvalue weighted by molar-refractivity contribution is 9.10. The van der Waals surface area contributed by atoms with Crippen LogP contribution in [0.2, 0.25) is 0 Å². The molecular formula is C13H11BrN2O2S. The monoisotopic (exact) mass is 338 g/mol. The van der Waals surface area contributed by atoms with Gasteiger partial charge in [-0.2, -0.15) is 0 Å². The van der Waals surface area contributed by atoms with E-state index in [2.05, 4.69) is 20.9 Å². The van der Waals surface area contributed by atoms with Crippen molar-refractivity contribution in [2.75, 3.05) is 0 Å². The van der Waals surface area contributed by atoms with Gasteiger partial charge in [0.15, 0.2) is 0 Å². The van der Waals surface area contributed by atoms with E-state index < -0.39 is 4.92 Å². The molecule has 2 rings (SSSR count). The predicted molar refractivity (Wildman–Crippen MR) is 78.6 cm³/mol. The van der Waals surface area contributed by atoms with Gasteiger partial charge in [-0.15, -0.1) is 0 Å². The van der Waals surface area contributed by atoms with E-state index in [1.165, 1.54) is 23.5 Å². The van der Waals surface area contributed by atoms with Gasteiger partial charge in [0.25, 0.3) is 0 Å². The number of aryl methyl sites for hydroxylation is 1. The van der Waals surface area contributed by atoms with E-state index in [1.54, 1.807) is 12.3 Å². The Morgan fingerprint density at radius 2 is 2.00 bits per heavy atom. The second-order valence-electron chi connectivity index (χ2n) is 4.02. The van der Waals surface area contributed by atoms with E-state index in [-0.39, 0.29) is 5.69 Å². The molecule has 98 valence electrons. The van der Waals surface area contributed by atoms with E-state index in [4.69, 9.17) is 0 Å². The first kappa shape index (κ1) is 14.0. The molecule has 0 bridgehead atoms. The van der Waals surface area contributed by atoms with Crippen LogP contribution >= 0.6 is 27.7 Å². The SMILES string of the molecule is Cc1ccc(Sc2ccncc2[N+](=O)[O-])c(Br)c1C. The summed E-state index contributed by atoms with van der Waals surface area (Å²) in [5.74, 6) is 0. The van der Waals surface area contributed by atoms with Gasteiger partial charge in [-0.3, -0.25) is 15.1 Å². The lowest BCUT2D eigenvalue weighted by Gasteiger charge is -2.09. The third-order valence-corrected chi connectivity index (χ3v) is 5.21. The number of aromatic nitrogens is 1. The summed E-state index contributed by atoms with van der Waals surface area (Å²) in [6.45, 7) is 4.05. The third kappa shape index (κ3) is 2.96. The maximum absolute atomic E-state index is 11.0. The summed E-state index contributed by atoms with van der Waals surface area (Å²) >= 11 is 4.91. The number of nitro groups is 1. The summed E-state index contributed by atoms with van der Waals surface area (Å²) < 4.78 is 0.976. The number of nitrogens with zero attached hydrogens (tertiary/aromatic N) is 2. The lowest BCUT2D eigenvalue weighted by atomic mass is 10.1. The van der Waals surface area contributed by atoms with Crippen molar-refractivity contribution in [3.63, 3.8) is 0 Å². The van der Waals surface area contributed by atoms with Crippen molar-refractivity contribution in [3.8, 4) is 0 Å².